The zero-order valence-electron chi connectivity index (χ0n) is 13.0. The molecule has 0 saturated heterocycles. The molecule has 5 nitrogen and oxygen atoms in total. The van der Waals surface area contributed by atoms with Gasteiger partial charge in [-0.25, -0.2) is 4.68 Å². The lowest BCUT2D eigenvalue weighted by Gasteiger charge is -2.32. The van der Waals surface area contributed by atoms with Crippen LogP contribution >= 0.6 is 0 Å². The molecule has 116 valence electrons. The quantitative estimate of drug-likeness (QED) is 0.863. The van der Waals surface area contributed by atoms with Crippen LogP contribution in [0.5, 0.6) is 0 Å². The molecule has 0 atom stereocenters. The molecule has 3 rings (SSSR count). The number of aryl methyl sites for hydroxylation is 1. The molecule has 1 amide bonds. The molecule has 0 N–H and O–H groups in total. The van der Waals surface area contributed by atoms with Gasteiger partial charge in [0.15, 0.2) is 0 Å². The third kappa shape index (κ3) is 2.58. The number of amides is 1. The fourth-order valence-electron chi connectivity index (χ4n) is 2.98. The van der Waals surface area contributed by atoms with Crippen molar-refractivity contribution in [3.05, 3.63) is 58.0 Å². The molecular weight excluding hydrogens is 278 g/mol. The first-order valence-electron chi connectivity index (χ1n) is 7.73. The topological polar surface area (TPSA) is 47.2 Å². The summed E-state index contributed by atoms with van der Waals surface area (Å²) in [6, 6.07) is 11.7. The number of carbonyl (C=O) groups is 1. The van der Waals surface area contributed by atoms with Gasteiger partial charge < -0.3 is 4.90 Å². The molecule has 1 aromatic carbocycles. The van der Waals surface area contributed by atoms with Crippen LogP contribution in [-0.2, 0) is 19.5 Å². The van der Waals surface area contributed by atoms with E-state index in [2.05, 4.69) is 12.1 Å². The summed E-state index contributed by atoms with van der Waals surface area (Å²) < 4.78 is 3.53. The molecular formula is C17H21N3O2. The van der Waals surface area contributed by atoms with Gasteiger partial charge in [0, 0.05) is 25.2 Å². The predicted octanol–water partition coefficient (Wildman–Crippen LogP) is 1.76. The van der Waals surface area contributed by atoms with E-state index in [-0.39, 0.29) is 17.5 Å². The number of nitrogens with zero attached hydrogens (tertiary/aromatic N) is 3. The number of hydrogen-bond donors (Lipinski definition) is 0. The third-order valence-corrected chi connectivity index (χ3v) is 4.20. The Morgan fingerprint density at radius 2 is 1.82 bits per heavy atom. The monoisotopic (exact) mass is 299 g/mol. The maximum Gasteiger partial charge on any atom is 0.272 e. The summed E-state index contributed by atoms with van der Waals surface area (Å²) >= 11 is 0. The molecule has 1 aliphatic rings. The number of fused-ring (bicyclic) bond motifs is 1. The van der Waals surface area contributed by atoms with Crippen LogP contribution in [0.25, 0.3) is 0 Å². The molecule has 0 aliphatic carbocycles. The fraction of sp³-hybridized carbons (Fsp3) is 0.412. The summed E-state index contributed by atoms with van der Waals surface area (Å²) in [5.41, 5.74) is 1.61. The van der Waals surface area contributed by atoms with Gasteiger partial charge in [-0.3, -0.25) is 14.3 Å². The van der Waals surface area contributed by atoms with Crippen LogP contribution in [0, 0.1) is 0 Å². The Hall–Kier alpha value is -2.30. The average molecular weight is 299 g/mol. The molecule has 5 heteroatoms. The van der Waals surface area contributed by atoms with Crippen molar-refractivity contribution in [1.82, 2.24) is 14.3 Å². The summed E-state index contributed by atoms with van der Waals surface area (Å²) in [6.45, 7) is 5.92. The van der Waals surface area contributed by atoms with Crippen LogP contribution in [0.2, 0.25) is 0 Å². The van der Waals surface area contributed by atoms with Crippen molar-refractivity contribution >= 4 is 5.91 Å². The average Bonchev–Trinajstić information content (AvgIpc) is 2.83. The molecule has 1 aromatic heterocycles. The summed E-state index contributed by atoms with van der Waals surface area (Å²) in [5.74, 6) is -0.0446. The molecule has 0 saturated carbocycles. The lowest BCUT2D eigenvalue weighted by molar-refractivity contribution is 0.0631. The standard InChI is InChI=1S/C17H21N3O2/c1-13(2)18-10-11-19-15(17(18)22)12-16(21)20(19)9-8-14-6-4-3-5-7-14/h3-7,12-13H,8-11H2,1-2H3. The minimum absolute atomic E-state index is 0.0446. The molecule has 1 aliphatic heterocycles. The summed E-state index contributed by atoms with van der Waals surface area (Å²) in [4.78, 5) is 26.5. The zero-order valence-corrected chi connectivity index (χ0v) is 13.0. The Morgan fingerprint density at radius 3 is 2.50 bits per heavy atom. The maximum atomic E-state index is 12.5. The molecule has 0 radical (unpaired) electrons. The fourth-order valence-corrected chi connectivity index (χ4v) is 2.98. The highest BCUT2D eigenvalue weighted by Crippen LogP contribution is 2.14. The molecule has 2 aromatic rings. The van der Waals surface area contributed by atoms with Crippen molar-refractivity contribution < 1.29 is 4.79 Å². The van der Waals surface area contributed by atoms with E-state index in [4.69, 9.17) is 0 Å². The Morgan fingerprint density at radius 1 is 1.09 bits per heavy atom. The van der Waals surface area contributed by atoms with Crippen molar-refractivity contribution in [2.45, 2.75) is 39.4 Å². The second-order valence-electron chi connectivity index (χ2n) is 5.94. The van der Waals surface area contributed by atoms with E-state index in [1.54, 1.807) is 4.68 Å². The maximum absolute atomic E-state index is 12.5. The van der Waals surface area contributed by atoms with Crippen molar-refractivity contribution in [2.24, 2.45) is 0 Å². The van der Waals surface area contributed by atoms with E-state index in [1.807, 2.05) is 41.6 Å². The van der Waals surface area contributed by atoms with E-state index in [1.165, 1.54) is 11.6 Å². The number of benzene rings is 1. The van der Waals surface area contributed by atoms with Crippen molar-refractivity contribution in [3.8, 4) is 0 Å². The van der Waals surface area contributed by atoms with Crippen LogP contribution < -0.4 is 5.56 Å². The van der Waals surface area contributed by atoms with Crippen LogP contribution in [0.15, 0.2) is 41.2 Å². The third-order valence-electron chi connectivity index (χ3n) is 4.20. The molecule has 2 heterocycles. The minimum atomic E-state index is -0.0927. The normalized spacial score (nSPS) is 14.5. The number of rotatable bonds is 4. The number of aromatic nitrogens is 2. The second kappa shape index (κ2) is 5.83. The zero-order chi connectivity index (χ0) is 15.7. The largest absolute Gasteiger partial charge is 0.333 e. The summed E-state index contributed by atoms with van der Waals surface area (Å²) in [7, 11) is 0. The molecule has 0 fully saturated rings. The van der Waals surface area contributed by atoms with Gasteiger partial charge in [-0.05, 0) is 25.8 Å². The van der Waals surface area contributed by atoms with Gasteiger partial charge >= 0.3 is 0 Å². The first-order chi connectivity index (χ1) is 10.6. The Bertz CT molecular complexity index is 728. The highest BCUT2D eigenvalue weighted by molar-refractivity contribution is 5.93. The van der Waals surface area contributed by atoms with Crippen LogP contribution in [0.1, 0.15) is 29.9 Å². The highest BCUT2D eigenvalue weighted by atomic mass is 16.2. The molecule has 0 bridgehead atoms. The summed E-state index contributed by atoms with van der Waals surface area (Å²) in [5, 5.41) is 0. The van der Waals surface area contributed by atoms with E-state index in [0.717, 1.165) is 6.42 Å². The van der Waals surface area contributed by atoms with E-state index in [0.29, 0.717) is 25.3 Å². The minimum Gasteiger partial charge on any atom is -0.333 e. The van der Waals surface area contributed by atoms with Crippen molar-refractivity contribution in [3.63, 3.8) is 0 Å². The Kier molecular flexibility index (Phi) is 3.88. The van der Waals surface area contributed by atoms with Crippen molar-refractivity contribution in [2.75, 3.05) is 6.54 Å². The van der Waals surface area contributed by atoms with E-state index >= 15 is 0 Å². The lowest BCUT2D eigenvalue weighted by atomic mass is 10.1. The van der Waals surface area contributed by atoms with E-state index in [9.17, 15) is 9.59 Å². The second-order valence-corrected chi connectivity index (χ2v) is 5.94. The van der Waals surface area contributed by atoms with Gasteiger partial charge in [0.1, 0.15) is 5.69 Å². The van der Waals surface area contributed by atoms with Crippen LogP contribution in [0.3, 0.4) is 0 Å². The molecule has 0 spiro atoms. The van der Waals surface area contributed by atoms with Crippen LogP contribution in [0.4, 0.5) is 0 Å². The number of carbonyl (C=O) groups excluding carboxylic acids is 1. The predicted molar refractivity (Wildman–Crippen MR) is 85.0 cm³/mol. The molecule has 0 unspecified atom stereocenters. The Balaban J connectivity index is 1.85. The number of hydrogen-bond acceptors (Lipinski definition) is 2. The van der Waals surface area contributed by atoms with Gasteiger partial charge in [-0.15, -0.1) is 0 Å². The van der Waals surface area contributed by atoms with E-state index < -0.39 is 0 Å². The van der Waals surface area contributed by atoms with Gasteiger partial charge in [0.2, 0.25) is 0 Å². The first-order valence-corrected chi connectivity index (χ1v) is 7.73. The lowest BCUT2D eigenvalue weighted by Crippen LogP contribution is -2.45. The SMILES string of the molecule is CC(C)N1CCn2c(cc(=O)n2CCc2ccccc2)C1=O. The highest BCUT2D eigenvalue weighted by Gasteiger charge is 2.28. The smallest absolute Gasteiger partial charge is 0.272 e. The molecule has 22 heavy (non-hydrogen) atoms. The van der Waals surface area contributed by atoms with Crippen LogP contribution in [-0.4, -0.2) is 32.8 Å². The van der Waals surface area contributed by atoms with Gasteiger partial charge in [0.05, 0.1) is 6.54 Å². The Labute approximate surface area is 129 Å². The van der Waals surface area contributed by atoms with Gasteiger partial charge in [-0.2, -0.15) is 0 Å². The van der Waals surface area contributed by atoms with Gasteiger partial charge in [-0.1, -0.05) is 30.3 Å². The van der Waals surface area contributed by atoms with Crippen molar-refractivity contribution in [1.29, 1.82) is 0 Å². The first kappa shape index (κ1) is 14.6. The summed E-state index contributed by atoms with van der Waals surface area (Å²) in [6.07, 6.45) is 0.784. The van der Waals surface area contributed by atoms with Gasteiger partial charge in [0.25, 0.3) is 11.5 Å².